The summed E-state index contributed by atoms with van der Waals surface area (Å²) < 4.78 is 0.0146. The van der Waals surface area contributed by atoms with Crippen molar-refractivity contribution in [2.45, 2.75) is 10.3 Å². The first-order valence-electron chi connectivity index (χ1n) is 3.39. The first-order valence-corrected chi connectivity index (χ1v) is 5.45. The summed E-state index contributed by atoms with van der Waals surface area (Å²) in [5.41, 5.74) is 0. The molecule has 0 bridgehead atoms. The van der Waals surface area contributed by atoms with Gasteiger partial charge in [0, 0.05) is 11.3 Å². The molecule has 2 nitrogen and oxygen atoms in total. The number of aldehydes is 2. The lowest BCUT2D eigenvalue weighted by Gasteiger charge is -1.96. The van der Waals surface area contributed by atoms with Crippen molar-refractivity contribution < 1.29 is 9.59 Å². The van der Waals surface area contributed by atoms with Crippen LogP contribution in [0.2, 0.25) is 0 Å². The number of carbonyl (C=O) groups is 2. The van der Waals surface area contributed by atoms with Crippen molar-refractivity contribution in [3.05, 3.63) is 21.9 Å². The minimum Gasteiger partial charge on any atom is -0.302 e. The molecule has 0 spiro atoms. The number of rotatable bonds is 4. The third-order valence-electron chi connectivity index (χ3n) is 1.34. The first-order chi connectivity index (χ1) is 5.76. The topological polar surface area (TPSA) is 34.1 Å². The van der Waals surface area contributed by atoms with E-state index in [1.165, 1.54) is 11.3 Å². The fraction of sp³-hybridized carbons (Fsp3) is 0.250. The number of alkyl halides is 1. The summed E-state index contributed by atoms with van der Waals surface area (Å²) in [5.74, 6) is 0. The Kier molecular flexibility index (Phi) is 3.87. The molecule has 1 unspecified atom stereocenters. The van der Waals surface area contributed by atoms with Crippen LogP contribution in [0.4, 0.5) is 0 Å². The minimum atomic E-state index is 0.0146. The molecule has 1 heterocycles. The summed E-state index contributed by atoms with van der Waals surface area (Å²) in [5, 5.41) is 0. The van der Waals surface area contributed by atoms with Gasteiger partial charge in [-0.1, -0.05) is 22.6 Å². The Balaban J connectivity index is 2.63. The summed E-state index contributed by atoms with van der Waals surface area (Å²) in [6, 6.07) is 3.67. The Labute approximate surface area is 88.1 Å². The highest BCUT2D eigenvalue weighted by atomic mass is 127. The Morgan fingerprint density at radius 3 is 2.75 bits per heavy atom. The molecule has 0 saturated heterocycles. The van der Waals surface area contributed by atoms with E-state index in [1.807, 2.05) is 6.07 Å². The molecule has 4 heteroatoms. The van der Waals surface area contributed by atoms with Gasteiger partial charge in [-0.25, -0.2) is 0 Å². The highest BCUT2D eigenvalue weighted by Gasteiger charge is 2.05. The molecule has 12 heavy (non-hydrogen) atoms. The maximum Gasteiger partial charge on any atom is 0.160 e. The molecule has 0 aliphatic heterocycles. The predicted molar refractivity (Wildman–Crippen MR) is 57.3 cm³/mol. The number of hydrogen-bond donors (Lipinski definition) is 0. The Morgan fingerprint density at radius 1 is 1.50 bits per heavy atom. The molecule has 64 valence electrons. The van der Waals surface area contributed by atoms with E-state index in [4.69, 9.17) is 0 Å². The van der Waals surface area contributed by atoms with Gasteiger partial charge in [-0.15, -0.1) is 11.3 Å². The van der Waals surface area contributed by atoms with Gasteiger partial charge >= 0.3 is 0 Å². The van der Waals surface area contributed by atoms with Crippen LogP contribution in [0.15, 0.2) is 12.1 Å². The normalized spacial score (nSPS) is 12.4. The van der Waals surface area contributed by atoms with Gasteiger partial charge in [-0.05, 0) is 12.1 Å². The van der Waals surface area contributed by atoms with Crippen molar-refractivity contribution in [3.63, 3.8) is 0 Å². The number of halogens is 1. The van der Waals surface area contributed by atoms with Crippen molar-refractivity contribution in [2.75, 3.05) is 0 Å². The number of hydrogen-bond acceptors (Lipinski definition) is 3. The molecule has 0 aliphatic carbocycles. The zero-order valence-electron chi connectivity index (χ0n) is 6.20. The van der Waals surface area contributed by atoms with Gasteiger partial charge in [0.15, 0.2) is 6.29 Å². The molecule has 1 atom stereocenters. The average molecular weight is 294 g/mol. The van der Waals surface area contributed by atoms with E-state index in [0.29, 0.717) is 0 Å². The molecule has 0 fully saturated rings. The van der Waals surface area contributed by atoms with Gasteiger partial charge in [-0.2, -0.15) is 0 Å². The summed E-state index contributed by atoms with van der Waals surface area (Å²) in [6.07, 6.45) is 2.47. The largest absolute Gasteiger partial charge is 0.302 e. The van der Waals surface area contributed by atoms with Gasteiger partial charge < -0.3 is 4.79 Å². The summed E-state index contributed by atoms with van der Waals surface area (Å²) in [4.78, 5) is 22.4. The number of carbonyl (C=O) groups excluding carboxylic acids is 2. The van der Waals surface area contributed by atoms with E-state index in [0.717, 1.165) is 28.7 Å². The van der Waals surface area contributed by atoms with Gasteiger partial charge in [0.1, 0.15) is 6.29 Å². The Bertz CT molecular complexity index is 282. The van der Waals surface area contributed by atoms with E-state index in [2.05, 4.69) is 22.6 Å². The van der Waals surface area contributed by atoms with Crippen LogP contribution in [0.1, 0.15) is 14.5 Å². The molecule has 1 aromatic rings. The molecular weight excluding hydrogens is 287 g/mol. The maximum absolute atomic E-state index is 10.3. The van der Waals surface area contributed by atoms with Gasteiger partial charge in [0.2, 0.25) is 0 Å². The van der Waals surface area contributed by atoms with Crippen molar-refractivity contribution >= 4 is 46.5 Å². The lowest BCUT2D eigenvalue weighted by atomic mass is 10.3. The zero-order valence-corrected chi connectivity index (χ0v) is 9.17. The van der Waals surface area contributed by atoms with Crippen LogP contribution in [0.3, 0.4) is 0 Å². The highest BCUT2D eigenvalue weighted by Crippen LogP contribution is 2.18. The van der Waals surface area contributed by atoms with Gasteiger partial charge in [-0.3, -0.25) is 4.79 Å². The van der Waals surface area contributed by atoms with Crippen LogP contribution in [-0.4, -0.2) is 16.5 Å². The average Bonchev–Trinajstić information content (AvgIpc) is 2.52. The van der Waals surface area contributed by atoms with E-state index in [-0.39, 0.29) is 3.92 Å². The van der Waals surface area contributed by atoms with Crippen molar-refractivity contribution in [1.29, 1.82) is 0 Å². The summed E-state index contributed by atoms with van der Waals surface area (Å²) >= 11 is 3.53. The van der Waals surface area contributed by atoms with Crippen molar-refractivity contribution in [2.24, 2.45) is 0 Å². The molecule has 1 aromatic heterocycles. The van der Waals surface area contributed by atoms with E-state index < -0.39 is 0 Å². The third-order valence-corrected chi connectivity index (χ3v) is 3.11. The fourth-order valence-electron chi connectivity index (χ4n) is 0.808. The fourth-order valence-corrected chi connectivity index (χ4v) is 2.47. The molecule has 0 amide bonds. The Morgan fingerprint density at radius 2 is 2.25 bits per heavy atom. The second-order valence-electron chi connectivity index (χ2n) is 2.28. The molecule has 0 aliphatic rings. The Hall–Kier alpha value is -0.230. The maximum atomic E-state index is 10.3. The highest BCUT2D eigenvalue weighted by molar-refractivity contribution is 14.1. The van der Waals surface area contributed by atoms with E-state index in [1.54, 1.807) is 6.07 Å². The van der Waals surface area contributed by atoms with Crippen LogP contribution in [0, 0.1) is 0 Å². The van der Waals surface area contributed by atoms with Crippen molar-refractivity contribution in [3.8, 4) is 0 Å². The van der Waals surface area contributed by atoms with Crippen LogP contribution in [0.25, 0.3) is 0 Å². The second-order valence-corrected chi connectivity index (χ2v) is 5.08. The quantitative estimate of drug-likeness (QED) is 0.484. The minimum absolute atomic E-state index is 0.0146. The van der Waals surface area contributed by atoms with E-state index in [9.17, 15) is 9.59 Å². The summed E-state index contributed by atoms with van der Waals surface area (Å²) in [7, 11) is 0. The van der Waals surface area contributed by atoms with Crippen molar-refractivity contribution in [1.82, 2.24) is 0 Å². The molecule has 1 rings (SSSR count). The van der Waals surface area contributed by atoms with Gasteiger partial charge in [0.25, 0.3) is 0 Å². The van der Waals surface area contributed by atoms with Crippen LogP contribution in [-0.2, 0) is 11.2 Å². The van der Waals surface area contributed by atoms with Crippen LogP contribution < -0.4 is 0 Å². The molecular formula is C8H7IO2S. The zero-order chi connectivity index (χ0) is 8.97. The molecule has 0 radical (unpaired) electrons. The third kappa shape index (κ3) is 2.67. The predicted octanol–water partition coefficient (Wildman–Crippen LogP) is 2.11. The molecule has 0 N–H and O–H groups in total. The smallest absolute Gasteiger partial charge is 0.160 e. The summed E-state index contributed by atoms with van der Waals surface area (Å²) in [6.45, 7) is 0. The lowest BCUT2D eigenvalue weighted by Crippen LogP contribution is -2.01. The molecule has 0 saturated carbocycles. The standard InChI is InChI=1S/C8H7IO2S/c9-6(4-10)3-7-1-2-8(5-11)12-7/h1-2,4-6H,3H2. The number of thiophene rings is 1. The molecule has 0 aromatic carbocycles. The second kappa shape index (κ2) is 4.71. The van der Waals surface area contributed by atoms with E-state index >= 15 is 0 Å². The van der Waals surface area contributed by atoms with Gasteiger partial charge in [0.05, 0.1) is 8.80 Å². The lowest BCUT2D eigenvalue weighted by molar-refractivity contribution is -0.107. The van der Waals surface area contributed by atoms with Crippen LogP contribution >= 0.6 is 33.9 Å². The SMILES string of the molecule is O=Cc1ccc(CC(I)C=O)s1. The van der Waals surface area contributed by atoms with Crippen LogP contribution in [0.5, 0.6) is 0 Å². The first kappa shape index (κ1) is 9.85. The monoisotopic (exact) mass is 294 g/mol.